The van der Waals surface area contributed by atoms with Crippen LogP contribution in [0.25, 0.3) is 10.8 Å². The van der Waals surface area contributed by atoms with Crippen LogP contribution in [-0.2, 0) is 11.3 Å². The van der Waals surface area contributed by atoms with Gasteiger partial charge in [0.1, 0.15) is 5.75 Å². The molecule has 9 heteroatoms. The van der Waals surface area contributed by atoms with Crippen LogP contribution in [0, 0.1) is 10.1 Å². The Kier molecular flexibility index (Phi) is 5.79. The third-order valence-corrected chi connectivity index (χ3v) is 4.02. The Morgan fingerprint density at radius 1 is 1.07 bits per heavy atom. The summed E-state index contributed by atoms with van der Waals surface area (Å²) in [5.41, 5.74) is 0.657. The minimum Gasteiger partial charge on any atom is -0.507 e. The van der Waals surface area contributed by atoms with E-state index in [1.165, 1.54) is 12.1 Å². The van der Waals surface area contributed by atoms with Gasteiger partial charge in [-0.05, 0) is 29.1 Å². The molecular formula is C20H15N3O6. The van der Waals surface area contributed by atoms with Crippen LogP contribution in [0.2, 0.25) is 0 Å². The number of esters is 1. The van der Waals surface area contributed by atoms with Gasteiger partial charge in [-0.1, -0.05) is 30.3 Å². The lowest BCUT2D eigenvalue weighted by Crippen LogP contribution is -2.25. The van der Waals surface area contributed by atoms with Crippen molar-refractivity contribution < 1.29 is 24.4 Å². The smallest absolute Gasteiger partial charge is 0.420 e. The van der Waals surface area contributed by atoms with Gasteiger partial charge in [0.05, 0.1) is 23.4 Å². The van der Waals surface area contributed by atoms with Crippen LogP contribution in [0.4, 0.5) is 10.5 Å². The van der Waals surface area contributed by atoms with E-state index in [0.29, 0.717) is 5.39 Å². The van der Waals surface area contributed by atoms with Crippen LogP contribution in [-0.4, -0.2) is 28.4 Å². The summed E-state index contributed by atoms with van der Waals surface area (Å²) in [7, 11) is 0. The van der Waals surface area contributed by atoms with E-state index in [1.54, 1.807) is 24.3 Å². The zero-order chi connectivity index (χ0) is 20.8. The number of amides is 1. The van der Waals surface area contributed by atoms with Gasteiger partial charge in [-0.15, -0.1) is 0 Å². The molecule has 0 heterocycles. The van der Waals surface area contributed by atoms with Gasteiger partial charge in [0, 0.05) is 17.5 Å². The number of nitrogens with one attached hydrogen (secondary N) is 1. The molecule has 0 bridgehead atoms. The van der Waals surface area contributed by atoms with E-state index in [0.717, 1.165) is 29.4 Å². The van der Waals surface area contributed by atoms with Crippen LogP contribution in [0.15, 0.2) is 65.7 Å². The summed E-state index contributed by atoms with van der Waals surface area (Å²) in [4.78, 5) is 37.6. The molecule has 0 saturated heterocycles. The van der Waals surface area contributed by atoms with E-state index in [2.05, 4.69) is 15.0 Å². The number of phenols is 1. The van der Waals surface area contributed by atoms with Gasteiger partial charge in [-0.2, -0.15) is 0 Å². The fraction of sp³-hybridized carbons (Fsp3) is 0.0500. The zero-order valence-electron chi connectivity index (χ0n) is 14.9. The van der Waals surface area contributed by atoms with Crippen molar-refractivity contribution in [1.82, 2.24) is 5.32 Å². The number of aliphatic imine (C=N–C) groups is 1. The number of nitro benzene ring substituents is 1. The van der Waals surface area contributed by atoms with Crippen molar-refractivity contribution in [2.45, 2.75) is 6.54 Å². The molecule has 3 aromatic carbocycles. The van der Waals surface area contributed by atoms with E-state index in [1.807, 2.05) is 12.1 Å². The molecule has 0 aliphatic rings. The number of non-ortho nitro benzene ring substituents is 1. The summed E-state index contributed by atoms with van der Waals surface area (Å²) < 4.78 is 4.59. The molecule has 2 N–H and O–H groups in total. The number of carbonyl (C=O) groups is 2. The predicted molar refractivity (Wildman–Crippen MR) is 105 cm³/mol. The van der Waals surface area contributed by atoms with Crippen molar-refractivity contribution >= 4 is 34.9 Å². The van der Waals surface area contributed by atoms with Crippen molar-refractivity contribution in [1.29, 1.82) is 0 Å². The second-order valence-electron chi connectivity index (χ2n) is 5.88. The maximum Gasteiger partial charge on any atom is 0.420 e. The fourth-order valence-electron chi connectivity index (χ4n) is 2.63. The van der Waals surface area contributed by atoms with Gasteiger partial charge in [0.15, 0.2) is 0 Å². The molecule has 0 atom stereocenters. The van der Waals surface area contributed by atoms with Crippen molar-refractivity contribution in [3.63, 3.8) is 0 Å². The fourth-order valence-corrected chi connectivity index (χ4v) is 2.63. The third kappa shape index (κ3) is 4.72. The minimum absolute atomic E-state index is 0.00162. The number of ether oxygens (including phenoxy) is 1. The average Bonchev–Trinajstić information content (AvgIpc) is 2.71. The molecule has 0 radical (unpaired) electrons. The highest BCUT2D eigenvalue weighted by atomic mass is 16.6. The van der Waals surface area contributed by atoms with Crippen LogP contribution >= 0.6 is 0 Å². The number of nitro groups is 1. The number of nitrogens with zero attached hydrogens (tertiary/aromatic N) is 2. The summed E-state index contributed by atoms with van der Waals surface area (Å²) >= 11 is 0. The van der Waals surface area contributed by atoms with Crippen LogP contribution < -0.4 is 5.32 Å². The van der Waals surface area contributed by atoms with E-state index in [-0.39, 0.29) is 23.5 Å². The Morgan fingerprint density at radius 3 is 2.48 bits per heavy atom. The second kappa shape index (κ2) is 8.61. The Balaban J connectivity index is 1.55. The van der Waals surface area contributed by atoms with E-state index in [9.17, 15) is 24.8 Å². The summed E-state index contributed by atoms with van der Waals surface area (Å²) in [6.07, 6.45) is 0.0697. The molecule has 0 saturated carbocycles. The van der Waals surface area contributed by atoms with Crippen LogP contribution in [0.1, 0.15) is 15.9 Å². The average molecular weight is 393 g/mol. The quantitative estimate of drug-likeness (QED) is 0.170. The second-order valence-corrected chi connectivity index (χ2v) is 5.88. The molecule has 0 unspecified atom stereocenters. The van der Waals surface area contributed by atoms with E-state index in [4.69, 9.17) is 0 Å². The summed E-state index contributed by atoms with van der Waals surface area (Å²) in [5, 5.41) is 24.2. The van der Waals surface area contributed by atoms with E-state index >= 15 is 0 Å². The molecule has 0 aliphatic carbocycles. The molecule has 0 fully saturated rings. The molecule has 146 valence electrons. The van der Waals surface area contributed by atoms with Crippen molar-refractivity contribution in [2.75, 3.05) is 0 Å². The summed E-state index contributed by atoms with van der Waals surface area (Å²) in [6.45, 7) is 0.234. The van der Waals surface area contributed by atoms with Gasteiger partial charge in [-0.3, -0.25) is 20.4 Å². The van der Waals surface area contributed by atoms with Gasteiger partial charge in [0.25, 0.3) is 5.69 Å². The van der Waals surface area contributed by atoms with Crippen molar-refractivity contribution in [3.05, 3.63) is 81.9 Å². The Hall–Kier alpha value is -4.27. The lowest BCUT2D eigenvalue weighted by molar-refractivity contribution is -0.384. The van der Waals surface area contributed by atoms with Crippen molar-refractivity contribution in [3.8, 4) is 5.75 Å². The lowest BCUT2D eigenvalue weighted by atomic mass is 10.0. The number of benzene rings is 3. The largest absolute Gasteiger partial charge is 0.507 e. The number of hydrogen-bond acceptors (Lipinski definition) is 7. The number of fused-ring (bicyclic) bond motifs is 1. The van der Waals surface area contributed by atoms with Gasteiger partial charge < -0.3 is 9.84 Å². The topological polar surface area (TPSA) is 131 Å². The maximum atomic E-state index is 11.8. The SMILES string of the molecule is O=C(NC=NCc1cccc2c(O)cccc12)OC(=O)c1ccc([N+](=O)[O-])cc1. The number of hydrogen-bond donors (Lipinski definition) is 2. The number of aromatic hydroxyl groups is 1. The van der Waals surface area contributed by atoms with Crippen LogP contribution in [0.5, 0.6) is 5.75 Å². The number of carbonyl (C=O) groups excluding carboxylic acids is 2. The predicted octanol–water partition coefficient (Wildman–Crippen LogP) is 3.55. The molecule has 3 aromatic rings. The molecule has 9 nitrogen and oxygen atoms in total. The standard InChI is InChI=1S/C20H15N3O6/c24-18-6-2-4-16-14(3-1-5-17(16)18)11-21-12-22-20(26)29-19(25)13-7-9-15(10-8-13)23(27)28/h1-10,12,24H,11H2,(H,21,22,26). The Bertz CT molecular complexity index is 1110. The molecule has 0 aromatic heterocycles. The summed E-state index contributed by atoms with van der Waals surface area (Å²) in [6, 6.07) is 15.2. The minimum atomic E-state index is -1.03. The monoisotopic (exact) mass is 393 g/mol. The van der Waals surface area contributed by atoms with Crippen LogP contribution in [0.3, 0.4) is 0 Å². The number of phenolic OH excluding ortho intramolecular Hbond substituents is 1. The highest BCUT2D eigenvalue weighted by molar-refractivity contribution is 5.98. The lowest BCUT2D eigenvalue weighted by Gasteiger charge is -2.05. The number of rotatable bonds is 5. The first-order chi connectivity index (χ1) is 14.0. The maximum absolute atomic E-state index is 11.8. The first kappa shape index (κ1) is 19.5. The molecular weight excluding hydrogens is 378 g/mol. The van der Waals surface area contributed by atoms with Gasteiger partial charge in [-0.25, -0.2) is 9.59 Å². The third-order valence-electron chi connectivity index (χ3n) is 4.02. The van der Waals surface area contributed by atoms with Gasteiger partial charge >= 0.3 is 12.1 Å². The first-order valence-electron chi connectivity index (χ1n) is 8.40. The molecule has 3 rings (SSSR count). The number of alkyl carbamates (subject to hydrolysis) is 1. The molecule has 29 heavy (non-hydrogen) atoms. The van der Waals surface area contributed by atoms with Gasteiger partial charge in [0.2, 0.25) is 0 Å². The Morgan fingerprint density at radius 2 is 1.76 bits per heavy atom. The highest BCUT2D eigenvalue weighted by Gasteiger charge is 2.14. The Labute approximate surface area is 164 Å². The molecule has 1 amide bonds. The van der Waals surface area contributed by atoms with E-state index < -0.39 is 17.0 Å². The molecule has 0 aliphatic heterocycles. The van der Waals surface area contributed by atoms with Crippen molar-refractivity contribution in [2.24, 2.45) is 4.99 Å². The molecule has 0 spiro atoms. The zero-order valence-corrected chi connectivity index (χ0v) is 14.9. The first-order valence-corrected chi connectivity index (χ1v) is 8.40. The summed E-state index contributed by atoms with van der Waals surface area (Å²) in [5.74, 6) is -0.782. The highest BCUT2D eigenvalue weighted by Crippen LogP contribution is 2.27. The normalized spacial score (nSPS) is 10.8.